The van der Waals surface area contributed by atoms with Crippen LogP contribution in [0.25, 0.3) is 0 Å². The first-order valence-electron chi connectivity index (χ1n) is 16.1. The summed E-state index contributed by atoms with van der Waals surface area (Å²) in [6, 6.07) is 2.17. The minimum Gasteiger partial charge on any atom is -0.478 e. The lowest BCUT2D eigenvalue weighted by molar-refractivity contribution is 0.0377. The average molecular weight is 591 g/mol. The summed E-state index contributed by atoms with van der Waals surface area (Å²) in [6.45, 7) is 12.8. The van der Waals surface area contributed by atoms with E-state index in [2.05, 4.69) is 20.8 Å². The fourth-order valence-corrected chi connectivity index (χ4v) is 4.79. The monoisotopic (exact) mass is 590 g/mol. The largest absolute Gasteiger partial charge is 0.478 e. The lowest BCUT2D eigenvalue weighted by atomic mass is 9.97. The molecule has 0 aliphatic carbocycles. The molecule has 42 heavy (non-hydrogen) atoms. The van der Waals surface area contributed by atoms with Crippen molar-refractivity contribution in [3.63, 3.8) is 0 Å². The van der Waals surface area contributed by atoms with Gasteiger partial charge < -0.3 is 19.3 Å². The third-order valence-electron chi connectivity index (χ3n) is 8.03. The zero-order valence-corrected chi connectivity index (χ0v) is 26.8. The zero-order valence-electron chi connectivity index (χ0n) is 26.8. The maximum absolute atomic E-state index is 13.4. The minimum atomic E-state index is -1.41. The van der Waals surface area contributed by atoms with Crippen LogP contribution in [0.1, 0.15) is 160 Å². The standard InChI is InChI=1S/C34H54O8/c1-7-13-16-24(10-4)21-40-32(37)28-20-30(34(39)42-23-26(12-6)18-15-9-3)29(19-27(28)31(35)36)33(38)41-22-25(11-5)17-14-8-2/h19-20,24-26H,7-18,21-23H2,1-6H3,(H,35,36). The van der Waals surface area contributed by atoms with Crippen LogP contribution in [0.2, 0.25) is 0 Å². The Kier molecular flexibility index (Phi) is 18.5. The van der Waals surface area contributed by atoms with Gasteiger partial charge in [-0.2, -0.15) is 0 Å². The van der Waals surface area contributed by atoms with Gasteiger partial charge >= 0.3 is 23.9 Å². The molecule has 0 aliphatic heterocycles. The van der Waals surface area contributed by atoms with Gasteiger partial charge in [-0.25, -0.2) is 19.2 Å². The zero-order chi connectivity index (χ0) is 31.5. The van der Waals surface area contributed by atoms with E-state index in [0.717, 1.165) is 89.2 Å². The first-order chi connectivity index (χ1) is 20.2. The number of rotatable bonds is 22. The summed E-state index contributed by atoms with van der Waals surface area (Å²) in [5, 5.41) is 9.96. The number of ether oxygens (including phenoxy) is 3. The fourth-order valence-electron chi connectivity index (χ4n) is 4.79. The van der Waals surface area contributed by atoms with E-state index < -0.39 is 29.4 Å². The van der Waals surface area contributed by atoms with Crippen LogP contribution in [0.3, 0.4) is 0 Å². The molecule has 0 saturated carbocycles. The smallest absolute Gasteiger partial charge is 0.339 e. The van der Waals surface area contributed by atoms with Gasteiger partial charge in [0.2, 0.25) is 0 Å². The Labute approximate surface area is 252 Å². The summed E-state index contributed by atoms with van der Waals surface area (Å²) in [5.41, 5.74) is -1.13. The number of esters is 3. The van der Waals surface area contributed by atoms with E-state index in [1.807, 2.05) is 20.8 Å². The molecule has 0 heterocycles. The predicted octanol–water partition coefficient (Wildman–Crippen LogP) is 8.50. The molecule has 0 radical (unpaired) electrons. The average Bonchev–Trinajstić information content (AvgIpc) is 3.00. The molecule has 3 atom stereocenters. The molecule has 8 nitrogen and oxygen atoms in total. The normalized spacial score (nSPS) is 13.2. The maximum atomic E-state index is 13.4. The predicted molar refractivity (Wildman–Crippen MR) is 164 cm³/mol. The van der Waals surface area contributed by atoms with E-state index in [-0.39, 0.29) is 54.3 Å². The van der Waals surface area contributed by atoms with Crippen molar-refractivity contribution < 1.29 is 38.5 Å². The number of carbonyl (C=O) groups excluding carboxylic acids is 3. The third kappa shape index (κ3) is 12.5. The van der Waals surface area contributed by atoms with Gasteiger partial charge in [-0.3, -0.25) is 0 Å². The molecule has 0 spiro atoms. The Morgan fingerprint density at radius 2 is 0.833 bits per heavy atom. The highest BCUT2D eigenvalue weighted by Gasteiger charge is 2.29. The van der Waals surface area contributed by atoms with Crippen LogP contribution in [0.5, 0.6) is 0 Å². The van der Waals surface area contributed by atoms with E-state index in [1.54, 1.807) is 0 Å². The number of unbranched alkanes of at least 4 members (excludes halogenated alkanes) is 3. The Morgan fingerprint density at radius 3 is 1.10 bits per heavy atom. The van der Waals surface area contributed by atoms with Crippen LogP contribution in [0.15, 0.2) is 12.1 Å². The number of carboxylic acids is 1. The third-order valence-corrected chi connectivity index (χ3v) is 8.03. The van der Waals surface area contributed by atoms with Crippen LogP contribution >= 0.6 is 0 Å². The molecule has 1 aromatic carbocycles. The van der Waals surface area contributed by atoms with Crippen LogP contribution in [0.4, 0.5) is 0 Å². The SMILES string of the molecule is CCCCC(CC)COC(=O)c1cc(C(=O)OCC(CC)CCCC)c(C(=O)OCC(CC)CCCC)cc1C(=O)O. The summed E-state index contributed by atoms with van der Waals surface area (Å²) >= 11 is 0. The van der Waals surface area contributed by atoms with E-state index in [9.17, 15) is 24.3 Å². The highest BCUT2D eigenvalue weighted by Crippen LogP contribution is 2.24. The van der Waals surface area contributed by atoms with Gasteiger partial charge in [-0.1, -0.05) is 99.3 Å². The molecule has 8 heteroatoms. The molecule has 238 valence electrons. The maximum Gasteiger partial charge on any atom is 0.339 e. The van der Waals surface area contributed by atoms with E-state index in [1.165, 1.54) is 0 Å². The molecular weight excluding hydrogens is 536 g/mol. The summed E-state index contributed by atoms with van der Waals surface area (Å²) in [6.07, 6.45) is 11.2. The van der Waals surface area contributed by atoms with Crippen LogP contribution in [-0.4, -0.2) is 48.8 Å². The molecular formula is C34H54O8. The van der Waals surface area contributed by atoms with Gasteiger partial charge in [0, 0.05) is 0 Å². The molecule has 0 amide bonds. The fraction of sp³-hybridized carbons (Fsp3) is 0.706. The van der Waals surface area contributed by atoms with Crippen molar-refractivity contribution >= 4 is 23.9 Å². The topological polar surface area (TPSA) is 116 Å². The van der Waals surface area contributed by atoms with Gasteiger partial charge in [-0.15, -0.1) is 0 Å². The van der Waals surface area contributed by atoms with Crippen molar-refractivity contribution in [2.24, 2.45) is 17.8 Å². The number of aromatic carboxylic acids is 1. The first kappa shape index (κ1) is 37.1. The Morgan fingerprint density at radius 1 is 0.548 bits per heavy atom. The van der Waals surface area contributed by atoms with Crippen molar-refractivity contribution in [3.8, 4) is 0 Å². The minimum absolute atomic E-state index is 0.143. The second kappa shape index (κ2) is 20.9. The van der Waals surface area contributed by atoms with Crippen LogP contribution in [0, 0.1) is 17.8 Å². The number of carbonyl (C=O) groups is 4. The summed E-state index contributed by atoms with van der Waals surface area (Å²) in [4.78, 5) is 52.0. The van der Waals surface area contributed by atoms with E-state index in [4.69, 9.17) is 14.2 Å². The molecule has 0 aliphatic rings. The van der Waals surface area contributed by atoms with Gasteiger partial charge in [0.1, 0.15) is 0 Å². The highest BCUT2D eigenvalue weighted by atomic mass is 16.5. The van der Waals surface area contributed by atoms with E-state index >= 15 is 0 Å². The van der Waals surface area contributed by atoms with Crippen molar-refractivity contribution in [3.05, 3.63) is 34.4 Å². The van der Waals surface area contributed by atoms with Crippen molar-refractivity contribution in [2.45, 2.75) is 119 Å². The second-order valence-electron chi connectivity index (χ2n) is 11.3. The van der Waals surface area contributed by atoms with Crippen LogP contribution < -0.4 is 0 Å². The number of hydrogen-bond donors (Lipinski definition) is 1. The number of benzene rings is 1. The van der Waals surface area contributed by atoms with Gasteiger partial charge in [0.25, 0.3) is 0 Å². The molecule has 0 fully saturated rings. The summed E-state index contributed by atoms with van der Waals surface area (Å²) in [7, 11) is 0. The molecule has 0 bridgehead atoms. The molecule has 1 rings (SSSR count). The summed E-state index contributed by atoms with van der Waals surface area (Å²) < 4.78 is 16.7. The van der Waals surface area contributed by atoms with Crippen molar-refractivity contribution in [1.82, 2.24) is 0 Å². The Hall–Kier alpha value is -2.90. The van der Waals surface area contributed by atoms with Crippen LogP contribution in [-0.2, 0) is 14.2 Å². The van der Waals surface area contributed by atoms with Gasteiger partial charge in [0.05, 0.1) is 42.1 Å². The van der Waals surface area contributed by atoms with Crippen molar-refractivity contribution in [1.29, 1.82) is 0 Å². The molecule has 3 unspecified atom stereocenters. The Balaban J connectivity index is 3.40. The molecule has 0 aromatic heterocycles. The first-order valence-corrected chi connectivity index (χ1v) is 16.1. The number of carboxylic acid groups (broad SMARTS) is 1. The summed E-state index contributed by atoms with van der Waals surface area (Å²) in [5.74, 6) is -3.41. The van der Waals surface area contributed by atoms with Crippen molar-refractivity contribution in [2.75, 3.05) is 19.8 Å². The van der Waals surface area contributed by atoms with Gasteiger partial charge in [-0.05, 0) is 49.1 Å². The lowest BCUT2D eigenvalue weighted by Crippen LogP contribution is -2.23. The quantitative estimate of drug-likeness (QED) is 0.106. The molecule has 1 aromatic rings. The Bertz CT molecular complexity index is 986. The molecule has 0 saturated heterocycles. The lowest BCUT2D eigenvalue weighted by Gasteiger charge is -2.19. The highest BCUT2D eigenvalue weighted by molar-refractivity contribution is 6.10. The van der Waals surface area contributed by atoms with Gasteiger partial charge in [0.15, 0.2) is 0 Å². The number of hydrogen-bond acceptors (Lipinski definition) is 7. The molecule has 1 N–H and O–H groups in total. The second-order valence-corrected chi connectivity index (χ2v) is 11.3. The van der Waals surface area contributed by atoms with E-state index in [0.29, 0.717) is 0 Å².